The molecule has 0 spiro atoms. The van der Waals surface area contributed by atoms with Crippen molar-refractivity contribution in [2.75, 3.05) is 33.7 Å². The topological polar surface area (TPSA) is 61.4 Å². The van der Waals surface area contributed by atoms with Crippen molar-refractivity contribution in [1.29, 1.82) is 0 Å². The van der Waals surface area contributed by atoms with Gasteiger partial charge in [0.15, 0.2) is 0 Å². The largest absolute Gasteiger partial charge is 0.347 e. The molecule has 1 saturated heterocycles. The third kappa shape index (κ3) is 4.66. The summed E-state index contributed by atoms with van der Waals surface area (Å²) in [5, 5.41) is 4.20. The van der Waals surface area contributed by atoms with E-state index in [-0.39, 0.29) is 11.9 Å². The number of carbonyl (C=O) groups excluding carboxylic acids is 1. The minimum absolute atomic E-state index is 0.00705. The van der Waals surface area contributed by atoms with E-state index in [1.807, 2.05) is 26.2 Å². The quantitative estimate of drug-likeness (QED) is 0.839. The van der Waals surface area contributed by atoms with E-state index in [0.29, 0.717) is 5.92 Å². The maximum atomic E-state index is 12.8. The summed E-state index contributed by atoms with van der Waals surface area (Å²) in [5.74, 6) is 0.415. The number of rotatable bonds is 6. The van der Waals surface area contributed by atoms with E-state index in [0.717, 1.165) is 41.8 Å². The standard InChI is InChI=1S/C19H27N5OS/c1-13-18(26-14(2)21-13)19(25)22-17-12-24(11-16(17)10-23(3)4)9-15-5-7-20-8-6-15/h5-8,16-17H,9-12H2,1-4H3,(H,22,25)/t16-,17-/m1/s1. The molecule has 0 aliphatic carbocycles. The van der Waals surface area contributed by atoms with E-state index in [2.05, 4.69) is 51.3 Å². The summed E-state index contributed by atoms with van der Waals surface area (Å²) in [4.78, 5) is 26.6. The van der Waals surface area contributed by atoms with Gasteiger partial charge >= 0.3 is 0 Å². The summed E-state index contributed by atoms with van der Waals surface area (Å²) in [6.07, 6.45) is 3.66. The number of thiazole rings is 1. The van der Waals surface area contributed by atoms with Gasteiger partial charge in [-0.3, -0.25) is 14.7 Å². The molecule has 1 aliphatic heterocycles. The second-order valence-electron chi connectivity index (χ2n) is 7.30. The molecule has 6 nitrogen and oxygen atoms in total. The minimum atomic E-state index is 0.00705. The highest BCUT2D eigenvalue weighted by Gasteiger charge is 2.34. The zero-order chi connectivity index (χ0) is 18.7. The van der Waals surface area contributed by atoms with Crippen LogP contribution < -0.4 is 5.32 Å². The maximum absolute atomic E-state index is 12.8. The van der Waals surface area contributed by atoms with Crippen LogP contribution in [0.15, 0.2) is 24.5 Å². The Morgan fingerprint density at radius 2 is 2.04 bits per heavy atom. The van der Waals surface area contributed by atoms with Crippen molar-refractivity contribution < 1.29 is 4.79 Å². The van der Waals surface area contributed by atoms with Crippen LogP contribution in [0, 0.1) is 19.8 Å². The smallest absolute Gasteiger partial charge is 0.263 e. The van der Waals surface area contributed by atoms with Gasteiger partial charge in [0, 0.05) is 50.5 Å². The normalized spacial score (nSPS) is 20.7. The van der Waals surface area contributed by atoms with Crippen LogP contribution in [-0.4, -0.2) is 65.4 Å². The number of amides is 1. The molecule has 0 unspecified atom stereocenters. The van der Waals surface area contributed by atoms with Crippen molar-refractivity contribution >= 4 is 17.2 Å². The third-order valence-electron chi connectivity index (χ3n) is 4.70. The number of aryl methyl sites for hydroxylation is 2. The van der Waals surface area contributed by atoms with Crippen LogP contribution in [0.3, 0.4) is 0 Å². The summed E-state index contributed by atoms with van der Waals surface area (Å²) in [6, 6.07) is 4.25. The fraction of sp³-hybridized carbons (Fsp3) is 0.526. The molecule has 1 N–H and O–H groups in total. The molecule has 0 radical (unpaired) electrons. The molecule has 2 atom stereocenters. The minimum Gasteiger partial charge on any atom is -0.347 e. The van der Waals surface area contributed by atoms with Gasteiger partial charge in [0.2, 0.25) is 0 Å². The number of pyridine rings is 1. The van der Waals surface area contributed by atoms with E-state index < -0.39 is 0 Å². The van der Waals surface area contributed by atoms with Crippen molar-refractivity contribution in [1.82, 2.24) is 25.1 Å². The molecule has 1 amide bonds. The van der Waals surface area contributed by atoms with Crippen LogP contribution in [0.4, 0.5) is 0 Å². The van der Waals surface area contributed by atoms with E-state index in [4.69, 9.17) is 0 Å². The van der Waals surface area contributed by atoms with Gasteiger partial charge in [0.25, 0.3) is 5.91 Å². The Hall–Kier alpha value is -1.83. The van der Waals surface area contributed by atoms with Crippen molar-refractivity contribution in [2.24, 2.45) is 5.92 Å². The molecule has 7 heteroatoms. The van der Waals surface area contributed by atoms with Gasteiger partial charge < -0.3 is 10.2 Å². The zero-order valence-electron chi connectivity index (χ0n) is 15.9. The second-order valence-corrected chi connectivity index (χ2v) is 8.50. The van der Waals surface area contributed by atoms with Crippen LogP contribution in [0.25, 0.3) is 0 Å². The summed E-state index contributed by atoms with van der Waals surface area (Å²) in [6.45, 7) is 7.53. The lowest BCUT2D eigenvalue weighted by Gasteiger charge is -2.22. The molecule has 0 saturated carbocycles. The molecule has 140 valence electrons. The van der Waals surface area contributed by atoms with Crippen LogP contribution in [-0.2, 0) is 6.54 Å². The molecular formula is C19H27N5OS. The van der Waals surface area contributed by atoms with E-state index in [9.17, 15) is 4.79 Å². The third-order valence-corrected chi connectivity index (χ3v) is 5.77. The Balaban J connectivity index is 1.68. The molecule has 2 aromatic rings. The zero-order valence-corrected chi connectivity index (χ0v) is 16.7. The van der Waals surface area contributed by atoms with Gasteiger partial charge in [-0.1, -0.05) is 0 Å². The summed E-state index contributed by atoms with van der Waals surface area (Å²) < 4.78 is 0. The average Bonchev–Trinajstić information content (AvgIpc) is 3.10. The lowest BCUT2D eigenvalue weighted by molar-refractivity contribution is 0.0930. The van der Waals surface area contributed by atoms with Crippen molar-refractivity contribution in [3.05, 3.63) is 45.7 Å². The second kappa shape index (κ2) is 8.24. The molecule has 1 fully saturated rings. The predicted molar refractivity (Wildman–Crippen MR) is 104 cm³/mol. The van der Waals surface area contributed by atoms with E-state index >= 15 is 0 Å². The Morgan fingerprint density at radius 3 is 2.65 bits per heavy atom. The predicted octanol–water partition coefficient (Wildman–Crippen LogP) is 1.95. The highest BCUT2D eigenvalue weighted by Crippen LogP contribution is 2.22. The molecule has 1 aliphatic rings. The summed E-state index contributed by atoms with van der Waals surface area (Å²) in [7, 11) is 4.17. The number of nitrogens with one attached hydrogen (secondary N) is 1. The van der Waals surface area contributed by atoms with Gasteiger partial charge in [-0.25, -0.2) is 4.98 Å². The van der Waals surface area contributed by atoms with Crippen molar-refractivity contribution in [3.8, 4) is 0 Å². The van der Waals surface area contributed by atoms with Crippen LogP contribution >= 0.6 is 11.3 Å². The SMILES string of the molecule is Cc1nc(C)c(C(=O)N[C@@H]2CN(Cc3ccncc3)C[C@H]2CN(C)C)s1. The van der Waals surface area contributed by atoms with Crippen molar-refractivity contribution in [2.45, 2.75) is 26.4 Å². The first-order chi connectivity index (χ1) is 12.4. The first kappa shape index (κ1) is 18.9. The molecule has 0 bridgehead atoms. The summed E-state index contributed by atoms with van der Waals surface area (Å²) in [5.41, 5.74) is 2.07. The van der Waals surface area contributed by atoms with Gasteiger partial charge in [-0.05, 0) is 45.6 Å². The van der Waals surface area contributed by atoms with Crippen LogP contribution in [0.1, 0.15) is 25.9 Å². The molecule has 2 aromatic heterocycles. The highest BCUT2D eigenvalue weighted by molar-refractivity contribution is 7.13. The van der Waals surface area contributed by atoms with E-state index in [1.165, 1.54) is 16.9 Å². The Labute approximate surface area is 159 Å². The first-order valence-electron chi connectivity index (χ1n) is 8.93. The molecule has 3 rings (SSSR count). The number of nitrogens with zero attached hydrogens (tertiary/aromatic N) is 4. The number of hydrogen-bond donors (Lipinski definition) is 1. The Morgan fingerprint density at radius 1 is 1.31 bits per heavy atom. The van der Waals surface area contributed by atoms with Crippen LogP contribution in [0.5, 0.6) is 0 Å². The van der Waals surface area contributed by atoms with Gasteiger partial charge in [-0.2, -0.15) is 0 Å². The number of likely N-dealkylation sites (tertiary alicyclic amines) is 1. The Kier molecular flexibility index (Phi) is 6.01. The molecule has 3 heterocycles. The molecule has 26 heavy (non-hydrogen) atoms. The van der Waals surface area contributed by atoms with Crippen molar-refractivity contribution in [3.63, 3.8) is 0 Å². The highest BCUT2D eigenvalue weighted by atomic mass is 32.1. The lowest BCUT2D eigenvalue weighted by atomic mass is 10.0. The number of carbonyl (C=O) groups is 1. The fourth-order valence-electron chi connectivity index (χ4n) is 3.63. The Bertz CT molecular complexity index is 746. The maximum Gasteiger partial charge on any atom is 0.263 e. The molecule has 0 aromatic carbocycles. The monoisotopic (exact) mass is 373 g/mol. The van der Waals surface area contributed by atoms with Gasteiger partial charge in [-0.15, -0.1) is 11.3 Å². The lowest BCUT2D eigenvalue weighted by Crippen LogP contribution is -2.43. The molecular weight excluding hydrogens is 346 g/mol. The fourth-order valence-corrected chi connectivity index (χ4v) is 4.45. The van der Waals surface area contributed by atoms with Gasteiger partial charge in [0.05, 0.1) is 10.7 Å². The van der Waals surface area contributed by atoms with E-state index in [1.54, 1.807) is 0 Å². The average molecular weight is 374 g/mol. The number of aromatic nitrogens is 2. The number of hydrogen-bond acceptors (Lipinski definition) is 6. The van der Waals surface area contributed by atoms with Gasteiger partial charge in [0.1, 0.15) is 4.88 Å². The first-order valence-corrected chi connectivity index (χ1v) is 9.75. The summed E-state index contributed by atoms with van der Waals surface area (Å²) >= 11 is 1.47. The van der Waals surface area contributed by atoms with Crippen LogP contribution in [0.2, 0.25) is 0 Å².